The van der Waals surface area contributed by atoms with Crippen molar-refractivity contribution in [2.24, 2.45) is 4.99 Å². The number of aromatic nitrogens is 2. The quantitative estimate of drug-likeness (QED) is 0.460. The molecule has 0 bridgehead atoms. The molecule has 0 aliphatic heterocycles. The van der Waals surface area contributed by atoms with E-state index in [4.69, 9.17) is 4.99 Å². The third kappa shape index (κ3) is 3.83. The van der Waals surface area contributed by atoms with Crippen molar-refractivity contribution in [2.75, 3.05) is 0 Å². The molecule has 0 spiro atoms. The predicted octanol–water partition coefficient (Wildman–Crippen LogP) is 5.59. The first-order valence-electron chi connectivity index (χ1n) is 9.63. The van der Waals surface area contributed by atoms with Crippen molar-refractivity contribution in [1.29, 1.82) is 0 Å². The number of nitrogens with zero attached hydrogens (tertiary/aromatic N) is 2. The van der Waals surface area contributed by atoms with Crippen LogP contribution in [0.4, 0.5) is 5.69 Å². The molecule has 1 N–H and O–H groups in total. The van der Waals surface area contributed by atoms with E-state index in [0.29, 0.717) is 11.3 Å². The van der Waals surface area contributed by atoms with Crippen LogP contribution >= 0.6 is 0 Å². The fourth-order valence-electron chi connectivity index (χ4n) is 3.61. The van der Waals surface area contributed by atoms with Gasteiger partial charge in [0.05, 0.1) is 28.3 Å². The van der Waals surface area contributed by atoms with Crippen LogP contribution in [0.25, 0.3) is 16.9 Å². The summed E-state index contributed by atoms with van der Waals surface area (Å²) >= 11 is 0. The van der Waals surface area contributed by atoms with Crippen LogP contribution in [0.15, 0.2) is 88.6 Å². The van der Waals surface area contributed by atoms with Crippen LogP contribution in [0.2, 0.25) is 0 Å². The summed E-state index contributed by atoms with van der Waals surface area (Å²) in [6, 6.07) is 25.6. The number of nitrogens with one attached hydrogen (secondary N) is 1. The van der Waals surface area contributed by atoms with E-state index in [9.17, 15) is 4.79 Å². The molecule has 0 amide bonds. The zero-order valence-corrected chi connectivity index (χ0v) is 16.8. The highest BCUT2D eigenvalue weighted by Crippen LogP contribution is 2.24. The van der Waals surface area contributed by atoms with E-state index in [1.807, 2.05) is 79.7 Å². The van der Waals surface area contributed by atoms with E-state index in [2.05, 4.69) is 25.0 Å². The highest BCUT2D eigenvalue weighted by molar-refractivity contribution is 6.04. The summed E-state index contributed by atoms with van der Waals surface area (Å²) in [5.41, 5.74) is 6.82. The lowest BCUT2D eigenvalue weighted by Gasteiger charge is -2.04. The first-order valence-corrected chi connectivity index (χ1v) is 9.63. The molecule has 144 valence electrons. The maximum atomic E-state index is 13.4. The van der Waals surface area contributed by atoms with Crippen molar-refractivity contribution >= 4 is 11.4 Å². The fourth-order valence-corrected chi connectivity index (χ4v) is 3.61. The molecule has 0 atom stereocenters. The summed E-state index contributed by atoms with van der Waals surface area (Å²) in [6.07, 6.45) is 0. The summed E-state index contributed by atoms with van der Waals surface area (Å²) < 4.78 is 1.58. The van der Waals surface area contributed by atoms with Gasteiger partial charge in [-0.1, -0.05) is 54.6 Å². The second kappa shape index (κ2) is 7.76. The Kier molecular flexibility index (Phi) is 5.00. The van der Waals surface area contributed by atoms with Crippen LogP contribution in [0.3, 0.4) is 0 Å². The van der Waals surface area contributed by atoms with Gasteiger partial charge in [-0.25, -0.2) is 4.68 Å². The molecular formula is C25H23N3O. The second-order valence-electron chi connectivity index (χ2n) is 7.25. The van der Waals surface area contributed by atoms with Gasteiger partial charge < -0.3 is 0 Å². The number of aryl methyl sites for hydroxylation is 2. The van der Waals surface area contributed by atoms with E-state index < -0.39 is 0 Å². The molecule has 0 aliphatic carbocycles. The highest BCUT2D eigenvalue weighted by atomic mass is 16.1. The molecule has 4 heteroatoms. The standard InChI is InChI=1S/C25H23N3O/c1-17-14-18(2)16-21(15-17)26-19(3)23-24(20-10-6-4-7-11-20)27-28(25(23)29)22-12-8-5-9-13-22/h4-16,27H,1-3H3. The van der Waals surface area contributed by atoms with Crippen molar-refractivity contribution in [3.63, 3.8) is 0 Å². The Labute approximate surface area is 170 Å². The minimum absolute atomic E-state index is 0.110. The smallest absolute Gasteiger partial charge is 0.280 e. The molecule has 0 saturated heterocycles. The summed E-state index contributed by atoms with van der Waals surface area (Å²) in [4.78, 5) is 18.2. The maximum absolute atomic E-state index is 13.4. The SMILES string of the molecule is CC(=Nc1cc(C)cc(C)c1)c1c(-c2ccccc2)[nH]n(-c2ccccc2)c1=O. The van der Waals surface area contributed by atoms with E-state index in [1.54, 1.807) is 4.68 Å². The van der Waals surface area contributed by atoms with Crippen molar-refractivity contribution in [2.45, 2.75) is 20.8 Å². The second-order valence-corrected chi connectivity index (χ2v) is 7.25. The van der Waals surface area contributed by atoms with Gasteiger partial charge in [0.15, 0.2) is 0 Å². The average Bonchev–Trinajstić information content (AvgIpc) is 3.06. The van der Waals surface area contributed by atoms with Gasteiger partial charge in [0, 0.05) is 5.56 Å². The molecule has 0 radical (unpaired) electrons. The van der Waals surface area contributed by atoms with Gasteiger partial charge in [-0.05, 0) is 56.2 Å². The van der Waals surface area contributed by atoms with Gasteiger partial charge in [-0.2, -0.15) is 0 Å². The lowest BCUT2D eigenvalue weighted by atomic mass is 10.0. The summed E-state index contributed by atoms with van der Waals surface area (Å²) in [6.45, 7) is 5.99. The predicted molar refractivity (Wildman–Crippen MR) is 120 cm³/mol. The Morgan fingerprint density at radius 2 is 1.45 bits per heavy atom. The topological polar surface area (TPSA) is 50.1 Å². The summed E-state index contributed by atoms with van der Waals surface area (Å²) in [5, 5.41) is 3.30. The molecule has 4 nitrogen and oxygen atoms in total. The number of benzene rings is 3. The lowest BCUT2D eigenvalue weighted by Crippen LogP contribution is -2.19. The molecule has 1 heterocycles. The maximum Gasteiger partial charge on any atom is 0.280 e. The van der Waals surface area contributed by atoms with Gasteiger partial charge in [-0.15, -0.1) is 0 Å². The Morgan fingerprint density at radius 3 is 2.07 bits per heavy atom. The van der Waals surface area contributed by atoms with Crippen molar-refractivity contribution < 1.29 is 0 Å². The number of H-pyrrole nitrogens is 1. The Hall–Kier alpha value is -3.66. The average molecular weight is 381 g/mol. The van der Waals surface area contributed by atoms with Crippen LogP contribution in [-0.2, 0) is 0 Å². The molecular weight excluding hydrogens is 358 g/mol. The minimum atomic E-state index is -0.110. The molecule has 4 aromatic rings. The number of rotatable bonds is 4. The Bertz CT molecular complexity index is 1210. The minimum Gasteiger partial charge on any atom is -0.290 e. The lowest BCUT2D eigenvalue weighted by molar-refractivity contribution is 0.852. The van der Waals surface area contributed by atoms with Crippen LogP contribution in [0.1, 0.15) is 23.6 Å². The first-order chi connectivity index (χ1) is 14.0. The molecule has 0 unspecified atom stereocenters. The van der Waals surface area contributed by atoms with Crippen LogP contribution in [-0.4, -0.2) is 15.5 Å². The summed E-state index contributed by atoms with van der Waals surface area (Å²) in [7, 11) is 0. The third-order valence-corrected chi connectivity index (χ3v) is 4.83. The van der Waals surface area contributed by atoms with E-state index >= 15 is 0 Å². The molecule has 0 saturated carbocycles. The normalized spacial score (nSPS) is 11.6. The Morgan fingerprint density at radius 1 is 0.862 bits per heavy atom. The molecule has 0 fully saturated rings. The molecule has 3 aromatic carbocycles. The van der Waals surface area contributed by atoms with Crippen LogP contribution < -0.4 is 5.56 Å². The number of aromatic amines is 1. The zero-order valence-electron chi connectivity index (χ0n) is 16.8. The van der Waals surface area contributed by atoms with Gasteiger partial charge in [0.2, 0.25) is 0 Å². The van der Waals surface area contributed by atoms with Gasteiger partial charge in [-0.3, -0.25) is 14.9 Å². The first kappa shape index (κ1) is 18.7. The third-order valence-electron chi connectivity index (χ3n) is 4.83. The van der Waals surface area contributed by atoms with Gasteiger partial charge in [0.1, 0.15) is 0 Å². The Balaban J connectivity index is 1.92. The van der Waals surface area contributed by atoms with Crippen molar-refractivity contribution in [1.82, 2.24) is 9.78 Å². The largest absolute Gasteiger partial charge is 0.290 e. The highest BCUT2D eigenvalue weighted by Gasteiger charge is 2.19. The number of aliphatic imine (C=N–C) groups is 1. The zero-order chi connectivity index (χ0) is 20.4. The van der Waals surface area contributed by atoms with E-state index in [1.165, 1.54) is 0 Å². The summed E-state index contributed by atoms with van der Waals surface area (Å²) in [5.74, 6) is 0. The van der Waals surface area contributed by atoms with Crippen molar-refractivity contribution in [3.8, 4) is 16.9 Å². The fraction of sp³-hybridized carbons (Fsp3) is 0.120. The molecule has 29 heavy (non-hydrogen) atoms. The van der Waals surface area contributed by atoms with Crippen LogP contribution in [0.5, 0.6) is 0 Å². The number of hydrogen-bond acceptors (Lipinski definition) is 2. The van der Waals surface area contributed by atoms with Crippen LogP contribution in [0, 0.1) is 13.8 Å². The number of hydrogen-bond donors (Lipinski definition) is 1. The molecule has 0 aliphatic rings. The van der Waals surface area contributed by atoms with Gasteiger partial charge >= 0.3 is 0 Å². The molecule has 4 rings (SSSR count). The molecule has 1 aromatic heterocycles. The number of para-hydroxylation sites is 1. The monoisotopic (exact) mass is 381 g/mol. The van der Waals surface area contributed by atoms with E-state index in [-0.39, 0.29) is 5.56 Å². The van der Waals surface area contributed by atoms with Gasteiger partial charge in [0.25, 0.3) is 5.56 Å². The van der Waals surface area contributed by atoms with Crippen molar-refractivity contribution in [3.05, 3.63) is 106 Å². The van der Waals surface area contributed by atoms with E-state index in [0.717, 1.165) is 33.8 Å².